The van der Waals surface area contributed by atoms with Crippen LogP contribution in [0.4, 0.5) is 5.69 Å². The normalized spacial score (nSPS) is 10.5. The predicted molar refractivity (Wildman–Crippen MR) is 83.0 cm³/mol. The van der Waals surface area contributed by atoms with Gasteiger partial charge in [-0.3, -0.25) is 9.48 Å². The lowest BCUT2D eigenvalue weighted by atomic mass is 10.2. The Morgan fingerprint density at radius 1 is 1.38 bits per heavy atom. The average Bonchev–Trinajstić information content (AvgIpc) is 2.67. The maximum Gasteiger partial charge on any atom is 0.262 e. The molecule has 1 N–H and O–H groups in total. The second-order valence-corrected chi connectivity index (χ2v) is 5.32. The number of aromatic nitrogens is 2. The number of hydrogen-bond donors (Lipinski definition) is 1. The van der Waals surface area contributed by atoms with Gasteiger partial charge in [-0.2, -0.15) is 5.10 Å². The highest BCUT2D eigenvalue weighted by molar-refractivity contribution is 6.31. The first-order chi connectivity index (χ1) is 9.88. The van der Waals surface area contributed by atoms with Crippen LogP contribution in [0.3, 0.4) is 0 Å². The van der Waals surface area contributed by atoms with Gasteiger partial charge in [0.2, 0.25) is 0 Å². The van der Waals surface area contributed by atoms with Crippen molar-refractivity contribution in [2.75, 3.05) is 11.9 Å². The SMILES string of the molecule is Cc1cc(OCC(=O)Nc2c(C)nn(C)c2C)ccc1Cl. The summed E-state index contributed by atoms with van der Waals surface area (Å²) in [5, 5.41) is 7.75. The molecule has 5 nitrogen and oxygen atoms in total. The van der Waals surface area contributed by atoms with Crippen LogP contribution in [-0.4, -0.2) is 22.3 Å². The fourth-order valence-electron chi connectivity index (χ4n) is 1.99. The quantitative estimate of drug-likeness (QED) is 0.944. The molecule has 0 aliphatic rings. The summed E-state index contributed by atoms with van der Waals surface area (Å²) in [6.45, 7) is 5.58. The number of carbonyl (C=O) groups excluding carboxylic acids is 1. The summed E-state index contributed by atoms with van der Waals surface area (Å²) in [5.41, 5.74) is 3.33. The van der Waals surface area contributed by atoms with Gasteiger partial charge in [0.1, 0.15) is 5.75 Å². The van der Waals surface area contributed by atoms with Crippen molar-refractivity contribution >= 4 is 23.2 Å². The molecule has 21 heavy (non-hydrogen) atoms. The Morgan fingerprint density at radius 2 is 2.10 bits per heavy atom. The third-order valence-corrected chi connectivity index (χ3v) is 3.70. The molecule has 0 atom stereocenters. The lowest BCUT2D eigenvalue weighted by Gasteiger charge is -2.09. The molecule has 112 valence electrons. The average molecular weight is 308 g/mol. The number of nitrogens with one attached hydrogen (secondary N) is 1. The van der Waals surface area contributed by atoms with Crippen LogP contribution in [0.2, 0.25) is 5.02 Å². The van der Waals surface area contributed by atoms with Crippen molar-refractivity contribution in [2.45, 2.75) is 20.8 Å². The lowest BCUT2D eigenvalue weighted by molar-refractivity contribution is -0.118. The Kier molecular flexibility index (Phi) is 4.53. The van der Waals surface area contributed by atoms with Crippen molar-refractivity contribution in [3.05, 3.63) is 40.2 Å². The van der Waals surface area contributed by atoms with Crippen LogP contribution >= 0.6 is 11.6 Å². The van der Waals surface area contributed by atoms with Crippen LogP contribution < -0.4 is 10.1 Å². The molecule has 0 bridgehead atoms. The van der Waals surface area contributed by atoms with Crippen molar-refractivity contribution in [3.63, 3.8) is 0 Å². The van der Waals surface area contributed by atoms with Gasteiger partial charge in [0.05, 0.1) is 17.1 Å². The molecule has 0 radical (unpaired) electrons. The minimum atomic E-state index is -0.221. The summed E-state index contributed by atoms with van der Waals surface area (Å²) in [6.07, 6.45) is 0. The summed E-state index contributed by atoms with van der Waals surface area (Å²) < 4.78 is 7.19. The number of carbonyl (C=O) groups is 1. The molecule has 0 aliphatic carbocycles. The zero-order chi connectivity index (χ0) is 15.6. The van der Waals surface area contributed by atoms with E-state index in [1.54, 1.807) is 22.9 Å². The van der Waals surface area contributed by atoms with E-state index in [-0.39, 0.29) is 12.5 Å². The minimum Gasteiger partial charge on any atom is -0.484 e. The van der Waals surface area contributed by atoms with Crippen LogP contribution in [0.25, 0.3) is 0 Å². The molecular formula is C15H18ClN3O2. The number of aryl methyl sites for hydroxylation is 3. The number of benzene rings is 1. The Balaban J connectivity index is 1.97. The minimum absolute atomic E-state index is 0.0607. The van der Waals surface area contributed by atoms with E-state index in [0.29, 0.717) is 10.8 Å². The van der Waals surface area contributed by atoms with Crippen molar-refractivity contribution in [1.82, 2.24) is 9.78 Å². The highest BCUT2D eigenvalue weighted by Crippen LogP contribution is 2.21. The van der Waals surface area contributed by atoms with Crippen molar-refractivity contribution < 1.29 is 9.53 Å². The summed E-state index contributed by atoms with van der Waals surface area (Å²) in [7, 11) is 1.84. The Labute approximate surface area is 128 Å². The van der Waals surface area contributed by atoms with Gasteiger partial charge in [0.15, 0.2) is 6.61 Å². The molecule has 2 rings (SSSR count). The zero-order valence-corrected chi connectivity index (χ0v) is 13.3. The summed E-state index contributed by atoms with van der Waals surface area (Å²) >= 11 is 5.94. The molecule has 1 aromatic heterocycles. The van der Waals surface area contributed by atoms with Crippen molar-refractivity contribution in [2.24, 2.45) is 7.05 Å². The van der Waals surface area contributed by atoms with Crippen LogP contribution in [0.15, 0.2) is 18.2 Å². The largest absolute Gasteiger partial charge is 0.484 e. The predicted octanol–water partition coefficient (Wildman–Crippen LogP) is 3.02. The third-order valence-electron chi connectivity index (χ3n) is 3.27. The van der Waals surface area contributed by atoms with Crippen LogP contribution in [-0.2, 0) is 11.8 Å². The molecule has 2 aromatic rings. The number of ether oxygens (including phenoxy) is 1. The van der Waals surface area contributed by atoms with Crippen LogP contribution in [0.5, 0.6) is 5.75 Å². The van der Waals surface area contributed by atoms with Gasteiger partial charge < -0.3 is 10.1 Å². The molecule has 6 heteroatoms. The van der Waals surface area contributed by atoms with Crippen LogP contribution in [0.1, 0.15) is 17.0 Å². The van der Waals surface area contributed by atoms with Crippen molar-refractivity contribution in [1.29, 1.82) is 0 Å². The van der Waals surface area contributed by atoms with Gasteiger partial charge in [-0.25, -0.2) is 0 Å². The van der Waals surface area contributed by atoms with E-state index in [0.717, 1.165) is 22.6 Å². The fraction of sp³-hybridized carbons (Fsp3) is 0.333. The van der Waals surface area contributed by atoms with E-state index in [1.165, 1.54) is 0 Å². The van der Waals surface area contributed by atoms with E-state index in [4.69, 9.17) is 16.3 Å². The lowest BCUT2D eigenvalue weighted by Crippen LogP contribution is -2.20. The van der Waals surface area contributed by atoms with Crippen LogP contribution in [0, 0.1) is 20.8 Å². The summed E-state index contributed by atoms with van der Waals surface area (Å²) in [6, 6.07) is 5.29. The highest BCUT2D eigenvalue weighted by atomic mass is 35.5. The topological polar surface area (TPSA) is 56.1 Å². The fourth-order valence-corrected chi connectivity index (χ4v) is 2.10. The molecule has 0 fully saturated rings. The van der Waals surface area contributed by atoms with Gasteiger partial charge in [0.25, 0.3) is 5.91 Å². The molecular weight excluding hydrogens is 290 g/mol. The molecule has 0 unspecified atom stereocenters. The van der Waals surface area contributed by atoms with E-state index in [2.05, 4.69) is 10.4 Å². The van der Waals surface area contributed by atoms with Gasteiger partial charge in [-0.05, 0) is 44.5 Å². The third kappa shape index (κ3) is 3.55. The van der Waals surface area contributed by atoms with Gasteiger partial charge in [-0.15, -0.1) is 0 Å². The molecule has 1 aromatic carbocycles. The number of halogens is 1. The van der Waals surface area contributed by atoms with E-state index >= 15 is 0 Å². The zero-order valence-electron chi connectivity index (χ0n) is 12.5. The van der Waals surface area contributed by atoms with Crippen molar-refractivity contribution in [3.8, 4) is 5.75 Å². The number of anilines is 1. The van der Waals surface area contributed by atoms with E-state index in [1.807, 2.05) is 27.8 Å². The van der Waals surface area contributed by atoms with Gasteiger partial charge in [-0.1, -0.05) is 11.6 Å². The summed E-state index contributed by atoms with van der Waals surface area (Å²) in [4.78, 5) is 12.0. The highest BCUT2D eigenvalue weighted by Gasteiger charge is 2.12. The molecule has 0 aliphatic heterocycles. The molecule has 1 amide bonds. The van der Waals surface area contributed by atoms with E-state index < -0.39 is 0 Å². The molecule has 1 heterocycles. The number of hydrogen-bond acceptors (Lipinski definition) is 3. The number of nitrogens with zero attached hydrogens (tertiary/aromatic N) is 2. The second-order valence-electron chi connectivity index (χ2n) is 4.92. The molecule has 0 saturated carbocycles. The van der Waals surface area contributed by atoms with Gasteiger partial charge >= 0.3 is 0 Å². The smallest absolute Gasteiger partial charge is 0.262 e. The maximum absolute atomic E-state index is 12.0. The second kappa shape index (κ2) is 6.18. The number of rotatable bonds is 4. The Bertz CT molecular complexity index is 680. The Morgan fingerprint density at radius 3 is 2.67 bits per heavy atom. The first kappa shape index (κ1) is 15.4. The maximum atomic E-state index is 12.0. The number of amides is 1. The molecule has 0 spiro atoms. The molecule has 0 saturated heterocycles. The summed E-state index contributed by atoms with van der Waals surface area (Å²) in [5.74, 6) is 0.397. The monoisotopic (exact) mass is 307 g/mol. The van der Waals surface area contributed by atoms with E-state index in [9.17, 15) is 4.79 Å². The first-order valence-electron chi connectivity index (χ1n) is 6.57. The first-order valence-corrected chi connectivity index (χ1v) is 6.95. The standard InChI is InChI=1S/C15H18ClN3O2/c1-9-7-12(5-6-13(9)16)21-8-14(20)17-15-10(2)18-19(4)11(15)3/h5-7H,8H2,1-4H3,(H,17,20). The Hall–Kier alpha value is -2.01. The van der Waals surface area contributed by atoms with Gasteiger partial charge in [0, 0.05) is 12.1 Å².